The van der Waals surface area contributed by atoms with Crippen LogP contribution >= 0.6 is 0 Å². The molecule has 4 aromatic rings. The largest absolute Gasteiger partial charge is 0.318 e. The van der Waals surface area contributed by atoms with Gasteiger partial charge < -0.3 is 4.57 Å². The number of rotatable bonds is 8. The van der Waals surface area contributed by atoms with Crippen LogP contribution in [-0.2, 0) is 14.8 Å². The summed E-state index contributed by atoms with van der Waals surface area (Å²) in [6.07, 6.45) is 1.59. The van der Waals surface area contributed by atoms with Gasteiger partial charge in [-0.3, -0.25) is 9.10 Å². The van der Waals surface area contributed by atoms with E-state index < -0.39 is 22.5 Å². The first-order chi connectivity index (χ1) is 18.1. The Balaban J connectivity index is 1.55. The fourth-order valence-corrected chi connectivity index (χ4v) is 5.99. The van der Waals surface area contributed by atoms with Crippen molar-refractivity contribution in [1.29, 1.82) is 0 Å². The van der Waals surface area contributed by atoms with Crippen molar-refractivity contribution >= 4 is 27.8 Å². The molecule has 3 aromatic carbocycles. The predicted octanol–water partition coefficient (Wildman–Crippen LogP) is 5.37. The van der Waals surface area contributed by atoms with Gasteiger partial charge in [-0.15, -0.1) is 0 Å². The molecule has 0 unspecified atom stereocenters. The Morgan fingerprint density at radius 1 is 0.868 bits per heavy atom. The molecule has 7 nitrogen and oxygen atoms in total. The van der Waals surface area contributed by atoms with Crippen molar-refractivity contribution in [2.24, 2.45) is 5.10 Å². The van der Waals surface area contributed by atoms with Gasteiger partial charge in [0.1, 0.15) is 6.54 Å². The molecule has 1 N–H and O–H groups in total. The molecule has 1 aromatic heterocycles. The first-order valence-corrected chi connectivity index (χ1v) is 13.7. The molecule has 8 heteroatoms. The molecule has 0 radical (unpaired) electrons. The maximum absolute atomic E-state index is 13.4. The third-order valence-corrected chi connectivity index (χ3v) is 8.02. The minimum Gasteiger partial charge on any atom is -0.318 e. The van der Waals surface area contributed by atoms with E-state index in [1.165, 1.54) is 23.3 Å². The van der Waals surface area contributed by atoms with Crippen molar-refractivity contribution in [2.75, 3.05) is 10.8 Å². The molecular weight excluding hydrogens is 496 g/mol. The van der Waals surface area contributed by atoms with Crippen LogP contribution in [0, 0.1) is 34.6 Å². The maximum atomic E-state index is 13.4. The lowest BCUT2D eigenvalue weighted by Gasteiger charge is -2.24. The molecule has 1 amide bonds. The molecule has 38 heavy (non-hydrogen) atoms. The lowest BCUT2D eigenvalue weighted by Crippen LogP contribution is -2.39. The van der Waals surface area contributed by atoms with Crippen molar-refractivity contribution in [1.82, 2.24) is 9.99 Å². The summed E-state index contributed by atoms with van der Waals surface area (Å²) in [5.74, 6) is -0.551. The summed E-state index contributed by atoms with van der Waals surface area (Å²) < 4.78 is 30.1. The molecule has 196 valence electrons. The number of benzene rings is 3. The Kier molecular flexibility index (Phi) is 7.83. The summed E-state index contributed by atoms with van der Waals surface area (Å²) in [5.41, 5.74) is 10.1. The minimum absolute atomic E-state index is 0.108. The van der Waals surface area contributed by atoms with Crippen LogP contribution in [0.25, 0.3) is 5.69 Å². The highest BCUT2D eigenvalue weighted by Gasteiger charge is 2.27. The zero-order valence-electron chi connectivity index (χ0n) is 22.3. The number of anilines is 1. The van der Waals surface area contributed by atoms with E-state index >= 15 is 0 Å². The highest BCUT2D eigenvalue weighted by atomic mass is 32.2. The molecule has 0 aliphatic heterocycles. The van der Waals surface area contributed by atoms with E-state index in [4.69, 9.17) is 0 Å². The standard InChI is InChI=1S/C30H32N4O3S/c1-21-10-9-11-27(15-21)33(38(36,37)29-12-7-6-8-13-29)20-30(35)32-31-19-26-18-24(4)34(25(26)5)28-16-22(2)14-23(3)17-28/h6-19H,20H2,1-5H3,(H,32,35)/b31-19-. The summed E-state index contributed by atoms with van der Waals surface area (Å²) in [4.78, 5) is 13.0. The Bertz CT molecular complexity index is 1590. The van der Waals surface area contributed by atoms with Gasteiger partial charge in [-0.05, 0) is 93.8 Å². The van der Waals surface area contributed by atoms with Crippen LogP contribution in [-0.4, -0.2) is 31.7 Å². The third kappa shape index (κ3) is 5.86. The van der Waals surface area contributed by atoms with Gasteiger partial charge in [-0.25, -0.2) is 13.8 Å². The number of amides is 1. The number of hydrogen-bond donors (Lipinski definition) is 1. The molecule has 0 aliphatic carbocycles. The quantitative estimate of drug-likeness (QED) is 0.247. The molecule has 0 saturated heterocycles. The van der Waals surface area contributed by atoms with Crippen molar-refractivity contribution in [3.63, 3.8) is 0 Å². The van der Waals surface area contributed by atoms with Crippen molar-refractivity contribution in [3.8, 4) is 5.69 Å². The Morgan fingerprint density at radius 2 is 1.55 bits per heavy atom. The summed E-state index contributed by atoms with van der Waals surface area (Å²) >= 11 is 0. The Morgan fingerprint density at radius 3 is 2.21 bits per heavy atom. The van der Waals surface area contributed by atoms with E-state index in [-0.39, 0.29) is 4.90 Å². The molecule has 0 spiro atoms. The number of aryl methyl sites for hydroxylation is 4. The zero-order valence-corrected chi connectivity index (χ0v) is 23.1. The monoisotopic (exact) mass is 528 g/mol. The third-order valence-electron chi connectivity index (χ3n) is 6.24. The van der Waals surface area contributed by atoms with Crippen LogP contribution in [0.1, 0.15) is 33.6 Å². The zero-order chi connectivity index (χ0) is 27.4. The van der Waals surface area contributed by atoms with Gasteiger partial charge in [0.25, 0.3) is 15.9 Å². The second-order valence-corrected chi connectivity index (χ2v) is 11.3. The number of sulfonamides is 1. The number of nitrogens with one attached hydrogen (secondary N) is 1. The van der Waals surface area contributed by atoms with Gasteiger partial charge in [-0.1, -0.05) is 36.4 Å². The Hall–Kier alpha value is -4.17. The van der Waals surface area contributed by atoms with Gasteiger partial charge >= 0.3 is 0 Å². The van der Waals surface area contributed by atoms with Crippen LogP contribution in [0.5, 0.6) is 0 Å². The molecule has 0 atom stereocenters. The second-order valence-electron chi connectivity index (χ2n) is 9.46. The maximum Gasteiger partial charge on any atom is 0.264 e. The number of hydrogen-bond acceptors (Lipinski definition) is 4. The van der Waals surface area contributed by atoms with Crippen LogP contribution < -0.4 is 9.73 Å². The van der Waals surface area contributed by atoms with E-state index in [1.807, 2.05) is 32.9 Å². The SMILES string of the molecule is Cc1cccc(N(CC(=O)N/N=C\c2cc(C)n(-c3cc(C)cc(C)c3)c2C)S(=O)(=O)c2ccccc2)c1. The lowest BCUT2D eigenvalue weighted by atomic mass is 10.1. The fourth-order valence-electron chi connectivity index (χ4n) is 4.55. The molecular formula is C30H32N4O3S. The van der Waals surface area contributed by atoms with Gasteiger partial charge in [0.05, 0.1) is 16.8 Å². The minimum atomic E-state index is -3.97. The highest BCUT2D eigenvalue weighted by molar-refractivity contribution is 7.92. The summed E-state index contributed by atoms with van der Waals surface area (Å²) in [6, 6.07) is 23.5. The predicted molar refractivity (Wildman–Crippen MR) is 153 cm³/mol. The van der Waals surface area contributed by atoms with Crippen molar-refractivity contribution in [2.45, 2.75) is 39.5 Å². The number of carbonyl (C=O) groups is 1. The summed E-state index contributed by atoms with van der Waals surface area (Å²) in [5, 5.41) is 4.15. The molecule has 0 bridgehead atoms. The first-order valence-electron chi connectivity index (χ1n) is 12.3. The van der Waals surface area contributed by atoms with Gasteiger partial charge in [0, 0.05) is 22.6 Å². The summed E-state index contributed by atoms with van der Waals surface area (Å²) in [7, 11) is -3.97. The fraction of sp³-hybridized carbons (Fsp3) is 0.200. The molecule has 0 saturated carbocycles. The van der Waals surface area contributed by atoms with E-state index in [0.717, 1.165) is 32.5 Å². The molecule has 4 rings (SSSR count). The number of carbonyl (C=O) groups excluding carboxylic acids is 1. The van der Waals surface area contributed by atoms with Crippen LogP contribution in [0.15, 0.2) is 88.9 Å². The normalized spacial score (nSPS) is 11.6. The average molecular weight is 529 g/mol. The topological polar surface area (TPSA) is 83.8 Å². The van der Waals surface area contributed by atoms with Crippen LogP contribution in [0.3, 0.4) is 0 Å². The smallest absolute Gasteiger partial charge is 0.264 e. The highest BCUT2D eigenvalue weighted by Crippen LogP contribution is 2.25. The number of nitrogens with zero attached hydrogens (tertiary/aromatic N) is 3. The Labute approximate surface area is 224 Å². The summed E-state index contributed by atoms with van der Waals surface area (Å²) in [6.45, 7) is 9.62. The lowest BCUT2D eigenvalue weighted by molar-refractivity contribution is -0.119. The van der Waals surface area contributed by atoms with Gasteiger partial charge in [0.2, 0.25) is 0 Å². The first kappa shape index (κ1) is 26.9. The molecule has 0 fully saturated rings. The van der Waals surface area contributed by atoms with Crippen molar-refractivity contribution in [3.05, 3.63) is 113 Å². The van der Waals surface area contributed by atoms with Gasteiger partial charge in [-0.2, -0.15) is 5.10 Å². The average Bonchev–Trinajstić information content (AvgIpc) is 3.15. The van der Waals surface area contributed by atoms with E-state index in [2.05, 4.69) is 47.1 Å². The van der Waals surface area contributed by atoms with Crippen LogP contribution in [0.4, 0.5) is 5.69 Å². The van der Waals surface area contributed by atoms with E-state index in [9.17, 15) is 13.2 Å². The number of hydrazone groups is 1. The second kappa shape index (κ2) is 11.1. The van der Waals surface area contributed by atoms with Crippen molar-refractivity contribution < 1.29 is 13.2 Å². The molecule has 0 aliphatic rings. The number of aromatic nitrogens is 1. The van der Waals surface area contributed by atoms with E-state index in [0.29, 0.717) is 5.69 Å². The van der Waals surface area contributed by atoms with Gasteiger partial charge in [0.15, 0.2) is 0 Å². The molecule has 1 heterocycles. The van der Waals surface area contributed by atoms with Crippen LogP contribution in [0.2, 0.25) is 0 Å². The van der Waals surface area contributed by atoms with E-state index in [1.54, 1.807) is 42.6 Å².